The maximum atomic E-state index is 11.1. The molecule has 28 heavy (non-hydrogen) atoms. The molecule has 0 spiro atoms. The van der Waals surface area contributed by atoms with Gasteiger partial charge in [-0.3, -0.25) is 0 Å². The van der Waals surface area contributed by atoms with Crippen molar-refractivity contribution in [3.63, 3.8) is 0 Å². The van der Waals surface area contributed by atoms with Crippen LogP contribution in [-0.2, 0) is 15.9 Å². The van der Waals surface area contributed by atoms with E-state index in [1.807, 2.05) is 26.8 Å². The van der Waals surface area contributed by atoms with E-state index in [9.17, 15) is 5.21 Å². The van der Waals surface area contributed by atoms with Crippen LogP contribution >= 0.6 is 0 Å². The van der Waals surface area contributed by atoms with E-state index in [1.165, 1.54) is 21.4 Å². The number of nitrogens with zero attached hydrogens (tertiary/aromatic N) is 1. The molecule has 4 nitrogen and oxygen atoms in total. The van der Waals surface area contributed by atoms with E-state index in [4.69, 9.17) is 9.46 Å². The topological polar surface area (TPSA) is 41.9 Å². The molecule has 0 bridgehead atoms. The molecule has 0 fully saturated rings. The Labute approximate surface area is 170 Å². The summed E-state index contributed by atoms with van der Waals surface area (Å²) in [5.41, 5.74) is 4.27. The molecule has 5 heteroatoms. The second-order valence-electron chi connectivity index (χ2n) is 10.9. The van der Waals surface area contributed by atoms with Gasteiger partial charge in [-0.2, -0.15) is 0 Å². The molecule has 1 aliphatic heterocycles. The predicted octanol–water partition coefficient (Wildman–Crippen LogP) is 5.97. The monoisotopic (exact) mass is 402 g/mol. The molecule has 0 radical (unpaired) electrons. The second kappa shape index (κ2) is 6.38. The Balaban J connectivity index is 2.46. The summed E-state index contributed by atoms with van der Waals surface area (Å²) in [5, 5.41) is 13.5. The zero-order valence-corrected chi connectivity index (χ0v) is 19.9. The van der Waals surface area contributed by atoms with Gasteiger partial charge in [-0.25, -0.2) is 0 Å². The van der Waals surface area contributed by atoms with Crippen molar-refractivity contribution in [1.29, 1.82) is 0 Å². The molecule has 0 saturated heterocycles. The first-order valence-corrected chi connectivity index (χ1v) is 13.7. The average molecular weight is 403 g/mol. The Morgan fingerprint density at radius 2 is 1.57 bits per heavy atom. The van der Waals surface area contributed by atoms with Crippen LogP contribution in [0.5, 0.6) is 0 Å². The summed E-state index contributed by atoms with van der Waals surface area (Å²) >= 11 is 0. The Morgan fingerprint density at radius 3 is 2.07 bits per heavy atom. The third-order valence-corrected chi connectivity index (χ3v) is 14.0. The normalized spacial score (nSPS) is 23.2. The van der Waals surface area contributed by atoms with Gasteiger partial charge in [0, 0.05) is 0 Å². The molecule has 1 N–H and O–H groups in total. The first-order valence-electron chi connectivity index (χ1n) is 10.3. The van der Waals surface area contributed by atoms with E-state index in [2.05, 4.69) is 65.1 Å². The van der Waals surface area contributed by atoms with Gasteiger partial charge in [0.1, 0.15) is 0 Å². The van der Waals surface area contributed by atoms with Crippen molar-refractivity contribution in [3.8, 4) is 11.1 Å². The Kier molecular flexibility index (Phi) is 4.89. The second-order valence-corrected chi connectivity index (χ2v) is 17.5. The predicted molar refractivity (Wildman–Crippen MR) is 118 cm³/mol. The van der Waals surface area contributed by atoms with Crippen molar-refractivity contribution in [2.75, 3.05) is 0 Å². The van der Waals surface area contributed by atoms with Crippen LogP contribution in [0.2, 0.25) is 18.1 Å². The zero-order valence-electron chi connectivity index (χ0n) is 18.9. The Hall–Kier alpha value is -1.24. The van der Waals surface area contributed by atoms with Gasteiger partial charge in [-0.1, -0.05) is 0 Å². The van der Waals surface area contributed by atoms with Crippen molar-refractivity contribution in [1.82, 2.24) is 5.06 Å². The van der Waals surface area contributed by atoms with E-state index in [0.29, 0.717) is 0 Å². The van der Waals surface area contributed by atoms with Gasteiger partial charge in [0.25, 0.3) is 0 Å². The number of hydrogen-bond donors (Lipinski definition) is 1. The van der Waals surface area contributed by atoms with Crippen LogP contribution < -0.4 is 5.19 Å². The molecule has 3 aliphatic rings. The Morgan fingerprint density at radius 1 is 1.00 bits per heavy atom. The molecule has 0 aromatic rings. The van der Waals surface area contributed by atoms with E-state index >= 15 is 0 Å². The van der Waals surface area contributed by atoms with Crippen molar-refractivity contribution < 1.29 is 14.7 Å². The van der Waals surface area contributed by atoms with Crippen LogP contribution in [0, 0.1) is 0 Å². The fraction of sp³-hybridized carbons (Fsp3) is 0.565. The standard InChI is InChI=1S/C23H36NO3Si/c1-10-16-17-14-12-11-13-15-18(17)19-20(16)28(8,9,23(5,6)7)27-26-21(19)24(25)22(2,3)4/h11-15,21,25H,10H2,1-9H3/q-1. The van der Waals surface area contributed by atoms with Crippen molar-refractivity contribution in [2.45, 2.75) is 84.8 Å². The fourth-order valence-corrected chi connectivity index (χ4v) is 7.92. The summed E-state index contributed by atoms with van der Waals surface area (Å²) in [6.45, 7) is 19.4. The zero-order chi connectivity index (χ0) is 21.1. The summed E-state index contributed by atoms with van der Waals surface area (Å²) in [6.07, 6.45) is 0.248. The summed E-state index contributed by atoms with van der Waals surface area (Å²) in [4.78, 5) is 6.08. The molecular weight excluding hydrogens is 366 g/mol. The molecule has 2 aliphatic carbocycles. The summed E-state index contributed by atoms with van der Waals surface area (Å²) in [6, 6.07) is 10.5. The van der Waals surface area contributed by atoms with Gasteiger partial charge in [-0.15, -0.1) is 0 Å². The quantitative estimate of drug-likeness (QED) is 0.382. The van der Waals surface area contributed by atoms with E-state index in [1.54, 1.807) is 0 Å². The molecule has 0 saturated carbocycles. The van der Waals surface area contributed by atoms with Gasteiger partial charge in [0.15, 0.2) is 0 Å². The first kappa shape index (κ1) is 21.5. The van der Waals surface area contributed by atoms with Crippen LogP contribution in [-0.4, -0.2) is 23.4 Å². The number of fused-ring (bicyclic) bond motifs is 3. The molecule has 0 amide bonds. The minimum absolute atomic E-state index is 0.0990. The molecule has 1 heterocycles. The Bertz CT molecular complexity index is 863. The maximum absolute atomic E-state index is 11.1. The third-order valence-electron chi connectivity index (χ3n) is 7.03. The van der Waals surface area contributed by atoms with Crippen LogP contribution in [0.15, 0.2) is 30.3 Å². The molecule has 156 valence electrons. The summed E-state index contributed by atoms with van der Waals surface area (Å²) < 4.78 is 6.42. The molecule has 3 rings (SSSR count). The minimum atomic E-state index is -3.26. The van der Waals surface area contributed by atoms with Gasteiger partial charge in [0.05, 0.1) is 0 Å². The average Bonchev–Trinajstić information content (AvgIpc) is 2.72. The first-order chi connectivity index (χ1) is 12.7. The molecule has 0 aromatic carbocycles. The van der Waals surface area contributed by atoms with Crippen LogP contribution in [0.3, 0.4) is 0 Å². The fourth-order valence-electron chi connectivity index (χ4n) is 4.23. The number of rotatable bonds is 2. The van der Waals surface area contributed by atoms with Crippen LogP contribution in [0.1, 0.15) is 65.8 Å². The molecular formula is C23H36NO3Si-. The molecule has 1 atom stereocenters. The third kappa shape index (κ3) is 2.87. The van der Waals surface area contributed by atoms with Crippen molar-refractivity contribution in [3.05, 3.63) is 41.5 Å². The van der Waals surface area contributed by atoms with Gasteiger partial charge < -0.3 is 0 Å². The van der Waals surface area contributed by atoms with E-state index in [-0.39, 0.29) is 5.04 Å². The number of hydroxylamine groups is 2. The van der Waals surface area contributed by atoms with E-state index < -0.39 is 19.4 Å². The van der Waals surface area contributed by atoms with Gasteiger partial charge >= 0.3 is 170 Å². The molecule has 1 unspecified atom stereocenters. The van der Waals surface area contributed by atoms with E-state index in [0.717, 1.165) is 17.5 Å². The van der Waals surface area contributed by atoms with Crippen molar-refractivity contribution >= 4 is 12.8 Å². The number of hydrogen-bond acceptors (Lipinski definition) is 4. The summed E-state index contributed by atoms with van der Waals surface area (Å²) in [5.74, 6) is 0. The SMILES string of the molecule is CCc1c2cccccc-2c2c1[Si-](C)(C)(C(C)(C)C)OOC2N(O)C(C)(C)C. The van der Waals surface area contributed by atoms with Gasteiger partial charge in [0.2, 0.25) is 0 Å². The molecule has 0 aromatic heterocycles. The van der Waals surface area contributed by atoms with Crippen LogP contribution in [0.25, 0.3) is 11.1 Å². The van der Waals surface area contributed by atoms with Crippen molar-refractivity contribution in [2.24, 2.45) is 0 Å². The summed E-state index contributed by atoms with van der Waals surface area (Å²) in [7, 11) is -3.26. The van der Waals surface area contributed by atoms with Crippen LogP contribution in [0.4, 0.5) is 0 Å². The van der Waals surface area contributed by atoms with Gasteiger partial charge in [-0.05, 0) is 0 Å².